The summed E-state index contributed by atoms with van der Waals surface area (Å²) in [6.45, 7) is 2.97. The Morgan fingerprint density at radius 2 is 2.00 bits per heavy atom. The number of aromatic nitrogens is 1. The number of pyridine rings is 1. The van der Waals surface area contributed by atoms with Gasteiger partial charge in [0.15, 0.2) is 0 Å². The standard InChI is InChI=1S/C16H21F3N4O/c17-16(18,19)12-1-2-14(21-10-12)23-7-4-13(5-8-23)22-15(24)11-3-6-20-9-11/h1-2,10-11,13,20H,3-9H2,(H,22,24). The molecule has 2 aliphatic rings. The molecule has 0 aromatic carbocycles. The van der Waals surface area contributed by atoms with Gasteiger partial charge in [-0.25, -0.2) is 4.98 Å². The second kappa shape index (κ2) is 6.96. The molecule has 0 bridgehead atoms. The molecular weight excluding hydrogens is 321 g/mol. The maximum atomic E-state index is 12.6. The highest BCUT2D eigenvalue weighted by Crippen LogP contribution is 2.29. The number of rotatable bonds is 3. The van der Waals surface area contributed by atoms with Gasteiger partial charge in [-0.05, 0) is 37.9 Å². The molecule has 1 amide bonds. The average molecular weight is 342 g/mol. The van der Waals surface area contributed by atoms with Crippen LogP contribution in [0.2, 0.25) is 0 Å². The van der Waals surface area contributed by atoms with Crippen molar-refractivity contribution in [3.8, 4) is 0 Å². The Balaban J connectivity index is 1.50. The van der Waals surface area contributed by atoms with Gasteiger partial charge in [0.05, 0.1) is 11.5 Å². The van der Waals surface area contributed by atoms with Crippen molar-refractivity contribution in [2.24, 2.45) is 5.92 Å². The molecule has 8 heteroatoms. The van der Waals surface area contributed by atoms with Gasteiger partial charge in [-0.15, -0.1) is 0 Å². The SMILES string of the molecule is O=C(NC1CCN(c2ccc(C(F)(F)F)cn2)CC1)C1CCNC1. The number of amides is 1. The minimum absolute atomic E-state index is 0.0552. The van der Waals surface area contributed by atoms with E-state index in [1.165, 1.54) is 6.07 Å². The molecule has 2 fully saturated rings. The van der Waals surface area contributed by atoms with Crippen molar-refractivity contribution in [2.45, 2.75) is 31.5 Å². The molecule has 2 N–H and O–H groups in total. The van der Waals surface area contributed by atoms with E-state index >= 15 is 0 Å². The first kappa shape index (κ1) is 17.0. The Kier molecular flexibility index (Phi) is 4.93. The third-order valence-corrected chi connectivity index (χ3v) is 4.67. The fourth-order valence-electron chi connectivity index (χ4n) is 3.19. The first-order valence-corrected chi connectivity index (χ1v) is 8.23. The van der Waals surface area contributed by atoms with E-state index < -0.39 is 11.7 Å². The molecule has 1 unspecified atom stereocenters. The normalized spacial score (nSPS) is 22.6. The highest BCUT2D eigenvalue weighted by atomic mass is 19.4. The van der Waals surface area contributed by atoms with Crippen LogP contribution in [0.4, 0.5) is 19.0 Å². The summed E-state index contributed by atoms with van der Waals surface area (Å²) < 4.78 is 37.7. The van der Waals surface area contributed by atoms with Crippen molar-refractivity contribution in [3.63, 3.8) is 0 Å². The third kappa shape index (κ3) is 3.98. The number of anilines is 1. The Bertz CT molecular complexity index is 562. The summed E-state index contributed by atoms with van der Waals surface area (Å²) in [5, 5.41) is 6.26. The van der Waals surface area contributed by atoms with Gasteiger partial charge in [0.1, 0.15) is 5.82 Å². The molecule has 0 spiro atoms. The van der Waals surface area contributed by atoms with E-state index in [1.807, 2.05) is 4.90 Å². The molecule has 1 aromatic rings. The Morgan fingerprint density at radius 1 is 1.25 bits per heavy atom. The van der Waals surface area contributed by atoms with Crippen LogP contribution in [-0.2, 0) is 11.0 Å². The van der Waals surface area contributed by atoms with Crippen LogP contribution in [0.5, 0.6) is 0 Å². The molecule has 1 aromatic heterocycles. The maximum absolute atomic E-state index is 12.6. The minimum atomic E-state index is -4.36. The lowest BCUT2D eigenvalue weighted by Crippen LogP contribution is -2.46. The topological polar surface area (TPSA) is 57.3 Å². The zero-order valence-corrected chi connectivity index (χ0v) is 13.3. The summed E-state index contributed by atoms with van der Waals surface area (Å²) >= 11 is 0. The second-order valence-corrected chi connectivity index (χ2v) is 6.36. The molecule has 132 valence electrons. The maximum Gasteiger partial charge on any atom is 0.417 e. The van der Waals surface area contributed by atoms with E-state index in [-0.39, 0.29) is 17.9 Å². The van der Waals surface area contributed by atoms with Crippen molar-refractivity contribution in [1.82, 2.24) is 15.6 Å². The number of piperidine rings is 1. The van der Waals surface area contributed by atoms with Gasteiger partial charge in [0, 0.05) is 31.9 Å². The quantitative estimate of drug-likeness (QED) is 0.879. The van der Waals surface area contributed by atoms with E-state index in [9.17, 15) is 18.0 Å². The number of alkyl halides is 3. The summed E-state index contributed by atoms with van der Waals surface area (Å²) in [4.78, 5) is 18.0. The smallest absolute Gasteiger partial charge is 0.356 e. The fourth-order valence-corrected chi connectivity index (χ4v) is 3.19. The van der Waals surface area contributed by atoms with Gasteiger partial charge in [-0.3, -0.25) is 4.79 Å². The molecule has 0 radical (unpaired) electrons. The first-order chi connectivity index (χ1) is 11.4. The summed E-state index contributed by atoms with van der Waals surface area (Å²) in [6.07, 6.45) is -1.07. The second-order valence-electron chi connectivity index (χ2n) is 6.36. The van der Waals surface area contributed by atoms with Gasteiger partial charge < -0.3 is 15.5 Å². The lowest BCUT2D eigenvalue weighted by molar-refractivity contribution is -0.137. The molecule has 0 aliphatic carbocycles. The van der Waals surface area contributed by atoms with E-state index in [1.54, 1.807) is 0 Å². The number of nitrogens with one attached hydrogen (secondary N) is 2. The van der Waals surface area contributed by atoms with Gasteiger partial charge >= 0.3 is 6.18 Å². The van der Waals surface area contributed by atoms with Crippen molar-refractivity contribution < 1.29 is 18.0 Å². The van der Waals surface area contributed by atoms with Crippen molar-refractivity contribution in [3.05, 3.63) is 23.9 Å². The molecule has 24 heavy (non-hydrogen) atoms. The number of nitrogens with zero attached hydrogens (tertiary/aromatic N) is 2. The summed E-state index contributed by atoms with van der Waals surface area (Å²) in [5.74, 6) is 0.707. The van der Waals surface area contributed by atoms with Crippen molar-refractivity contribution in [2.75, 3.05) is 31.1 Å². The number of hydrogen-bond acceptors (Lipinski definition) is 4. The number of hydrogen-bond donors (Lipinski definition) is 2. The van der Waals surface area contributed by atoms with E-state index in [0.29, 0.717) is 18.9 Å². The zero-order valence-electron chi connectivity index (χ0n) is 13.3. The predicted molar refractivity (Wildman–Crippen MR) is 83.6 cm³/mol. The van der Waals surface area contributed by atoms with Crippen molar-refractivity contribution >= 4 is 11.7 Å². The highest BCUT2D eigenvalue weighted by molar-refractivity contribution is 5.79. The van der Waals surface area contributed by atoms with Crippen LogP contribution >= 0.6 is 0 Å². The molecular formula is C16H21F3N4O. The van der Waals surface area contributed by atoms with Gasteiger partial charge in [-0.1, -0.05) is 0 Å². The van der Waals surface area contributed by atoms with Crippen LogP contribution in [-0.4, -0.2) is 43.1 Å². The van der Waals surface area contributed by atoms with E-state index in [0.717, 1.165) is 44.6 Å². The molecule has 5 nitrogen and oxygen atoms in total. The lowest BCUT2D eigenvalue weighted by Gasteiger charge is -2.33. The molecule has 2 saturated heterocycles. The summed E-state index contributed by atoms with van der Waals surface area (Å²) in [7, 11) is 0. The average Bonchev–Trinajstić information content (AvgIpc) is 3.09. The first-order valence-electron chi connectivity index (χ1n) is 8.23. The zero-order chi connectivity index (χ0) is 17.2. The summed E-state index contributed by atoms with van der Waals surface area (Å²) in [5.41, 5.74) is -0.737. The predicted octanol–water partition coefficient (Wildman–Crippen LogP) is 1.79. The number of carbonyl (C=O) groups excluding carboxylic acids is 1. The third-order valence-electron chi connectivity index (χ3n) is 4.67. The molecule has 1 atom stereocenters. The lowest BCUT2D eigenvalue weighted by atomic mass is 10.0. The van der Waals surface area contributed by atoms with Crippen LogP contribution in [0.15, 0.2) is 18.3 Å². The van der Waals surface area contributed by atoms with Crippen LogP contribution in [0.25, 0.3) is 0 Å². The van der Waals surface area contributed by atoms with E-state index in [2.05, 4.69) is 15.6 Å². The number of carbonyl (C=O) groups is 1. The van der Waals surface area contributed by atoms with Crippen LogP contribution in [0, 0.1) is 5.92 Å². The van der Waals surface area contributed by atoms with Gasteiger partial charge in [0.25, 0.3) is 0 Å². The van der Waals surface area contributed by atoms with Gasteiger partial charge in [0.2, 0.25) is 5.91 Å². The molecule has 2 aliphatic heterocycles. The summed E-state index contributed by atoms with van der Waals surface area (Å²) in [6, 6.07) is 2.60. The monoisotopic (exact) mass is 342 g/mol. The number of halogens is 3. The Hall–Kier alpha value is -1.83. The Morgan fingerprint density at radius 3 is 2.54 bits per heavy atom. The van der Waals surface area contributed by atoms with Crippen LogP contribution in [0.3, 0.4) is 0 Å². The molecule has 3 heterocycles. The largest absolute Gasteiger partial charge is 0.417 e. The van der Waals surface area contributed by atoms with Crippen LogP contribution < -0.4 is 15.5 Å². The van der Waals surface area contributed by atoms with Crippen LogP contribution in [0.1, 0.15) is 24.8 Å². The van der Waals surface area contributed by atoms with Crippen molar-refractivity contribution in [1.29, 1.82) is 0 Å². The molecule has 3 rings (SSSR count). The van der Waals surface area contributed by atoms with Gasteiger partial charge in [-0.2, -0.15) is 13.2 Å². The fraction of sp³-hybridized carbons (Fsp3) is 0.625. The minimum Gasteiger partial charge on any atom is -0.356 e. The molecule has 0 saturated carbocycles. The van der Waals surface area contributed by atoms with E-state index in [4.69, 9.17) is 0 Å². The highest BCUT2D eigenvalue weighted by Gasteiger charge is 2.31. The Labute approximate surface area is 138 Å².